The Balaban J connectivity index is 2.03. The number of benzene rings is 1. The van der Waals surface area contributed by atoms with Crippen molar-refractivity contribution in [3.05, 3.63) is 52.1 Å². The Morgan fingerprint density at radius 1 is 1.35 bits per heavy atom. The van der Waals surface area contributed by atoms with E-state index in [1.165, 1.54) is 12.1 Å². The van der Waals surface area contributed by atoms with Gasteiger partial charge in [0, 0.05) is 11.6 Å². The highest BCUT2D eigenvalue weighted by Crippen LogP contribution is 2.28. The minimum absolute atomic E-state index is 0.00223. The van der Waals surface area contributed by atoms with Gasteiger partial charge in [0.25, 0.3) is 0 Å². The summed E-state index contributed by atoms with van der Waals surface area (Å²) in [6, 6.07) is 10.1. The summed E-state index contributed by atoms with van der Waals surface area (Å²) < 4.78 is 5.17. The van der Waals surface area contributed by atoms with Gasteiger partial charge in [-0.25, -0.2) is 0 Å². The molecule has 1 amide bonds. The third kappa shape index (κ3) is 3.33. The van der Waals surface area contributed by atoms with Crippen LogP contribution in [0.5, 0.6) is 5.75 Å². The largest absolute Gasteiger partial charge is 0.496 e. The van der Waals surface area contributed by atoms with Gasteiger partial charge in [-0.2, -0.15) is 0 Å². The molecule has 0 aliphatic carbocycles. The smallest absolute Gasteiger partial charge is 0.326 e. The molecule has 1 heterocycles. The molecule has 0 saturated carbocycles. The van der Waals surface area contributed by atoms with Crippen LogP contribution in [-0.2, 0) is 11.2 Å². The maximum absolute atomic E-state index is 11.9. The number of carbonyl (C=O) groups is 1. The van der Waals surface area contributed by atoms with Gasteiger partial charge in [-0.3, -0.25) is 14.9 Å². The van der Waals surface area contributed by atoms with Gasteiger partial charge in [-0.15, -0.1) is 0 Å². The number of anilines is 1. The number of nitrogens with one attached hydrogen (secondary N) is 1. The van der Waals surface area contributed by atoms with E-state index in [0.717, 1.165) is 16.9 Å². The fourth-order valence-corrected chi connectivity index (χ4v) is 2.43. The molecule has 1 aromatic heterocycles. The van der Waals surface area contributed by atoms with E-state index in [9.17, 15) is 14.9 Å². The molecule has 7 heteroatoms. The number of nitrogens with zero attached hydrogens (tertiary/aromatic N) is 1. The van der Waals surface area contributed by atoms with Gasteiger partial charge < -0.3 is 10.1 Å². The van der Waals surface area contributed by atoms with Crippen LogP contribution in [0, 0.1) is 10.1 Å². The number of ether oxygens (including phenoxy) is 1. The number of thiophene rings is 1. The van der Waals surface area contributed by atoms with Crippen molar-refractivity contribution in [3.8, 4) is 5.75 Å². The molecular formula is C13H12N2O4S. The first kappa shape index (κ1) is 14.0. The van der Waals surface area contributed by atoms with Gasteiger partial charge in [0.1, 0.15) is 10.8 Å². The number of carbonyl (C=O) groups excluding carboxylic acids is 1. The summed E-state index contributed by atoms with van der Waals surface area (Å²) in [4.78, 5) is 22.0. The molecule has 0 spiro atoms. The summed E-state index contributed by atoms with van der Waals surface area (Å²) in [6.07, 6.45) is 0.149. The maximum Gasteiger partial charge on any atom is 0.326 e. The number of hydrogen-bond acceptors (Lipinski definition) is 5. The monoisotopic (exact) mass is 292 g/mol. The first-order valence-electron chi connectivity index (χ1n) is 5.76. The van der Waals surface area contributed by atoms with E-state index in [-0.39, 0.29) is 17.3 Å². The van der Waals surface area contributed by atoms with E-state index in [1.807, 2.05) is 12.1 Å². The van der Waals surface area contributed by atoms with Crippen LogP contribution >= 0.6 is 11.3 Å². The molecular weight excluding hydrogens is 280 g/mol. The Kier molecular flexibility index (Phi) is 4.31. The van der Waals surface area contributed by atoms with Crippen molar-refractivity contribution in [2.24, 2.45) is 0 Å². The molecule has 0 radical (unpaired) electrons. The summed E-state index contributed by atoms with van der Waals surface area (Å²) in [5, 5.41) is 13.7. The van der Waals surface area contributed by atoms with Crippen LogP contribution in [0.3, 0.4) is 0 Å². The predicted molar refractivity (Wildman–Crippen MR) is 76.3 cm³/mol. The highest BCUT2D eigenvalue weighted by Gasteiger charge is 2.13. The summed E-state index contributed by atoms with van der Waals surface area (Å²) in [5.74, 6) is 0.394. The molecule has 0 unspecified atom stereocenters. The fraction of sp³-hybridized carbons (Fsp3) is 0.154. The van der Waals surface area contributed by atoms with Crippen molar-refractivity contribution < 1.29 is 14.5 Å². The molecule has 0 aliphatic rings. The van der Waals surface area contributed by atoms with Crippen LogP contribution in [0.25, 0.3) is 0 Å². The molecule has 2 aromatic rings. The quantitative estimate of drug-likeness (QED) is 0.678. The Labute approximate surface area is 119 Å². The van der Waals surface area contributed by atoms with E-state index < -0.39 is 4.92 Å². The molecule has 104 valence electrons. The Morgan fingerprint density at radius 3 is 2.75 bits per heavy atom. The molecule has 1 N–H and O–H groups in total. The van der Waals surface area contributed by atoms with Gasteiger partial charge in [-0.1, -0.05) is 18.2 Å². The summed E-state index contributed by atoms with van der Waals surface area (Å²) in [7, 11) is 1.54. The van der Waals surface area contributed by atoms with Crippen LogP contribution in [0.4, 0.5) is 10.0 Å². The molecule has 0 atom stereocenters. The Morgan fingerprint density at radius 2 is 2.10 bits per heavy atom. The number of para-hydroxylation sites is 1. The first-order valence-corrected chi connectivity index (χ1v) is 6.58. The second-order valence-electron chi connectivity index (χ2n) is 3.93. The van der Waals surface area contributed by atoms with Crippen LogP contribution in [0.2, 0.25) is 0 Å². The van der Waals surface area contributed by atoms with Crippen molar-refractivity contribution in [2.45, 2.75) is 6.42 Å². The molecule has 0 fully saturated rings. The van der Waals surface area contributed by atoms with Crippen LogP contribution in [0.15, 0.2) is 36.4 Å². The summed E-state index contributed by atoms with van der Waals surface area (Å²) >= 11 is 0.928. The van der Waals surface area contributed by atoms with E-state index in [2.05, 4.69) is 5.32 Å². The van der Waals surface area contributed by atoms with Gasteiger partial charge in [-0.05, 0) is 23.5 Å². The van der Waals surface area contributed by atoms with Crippen molar-refractivity contribution >= 4 is 27.2 Å². The summed E-state index contributed by atoms with van der Waals surface area (Å²) in [6.45, 7) is 0. The Hall–Kier alpha value is -2.41. The zero-order chi connectivity index (χ0) is 14.5. The predicted octanol–water partition coefficient (Wildman–Crippen LogP) is 2.85. The SMILES string of the molecule is COc1ccccc1CC(=O)Nc1ccc([N+](=O)[O-])s1. The van der Waals surface area contributed by atoms with Gasteiger partial charge in [0.2, 0.25) is 5.91 Å². The lowest BCUT2D eigenvalue weighted by molar-refractivity contribution is -0.380. The maximum atomic E-state index is 11.9. The van der Waals surface area contributed by atoms with Crippen molar-refractivity contribution in [2.75, 3.05) is 12.4 Å². The summed E-state index contributed by atoms with van der Waals surface area (Å²) in [5.41, 5.74) is 0.763. The molecule has 1 aromatic carbocycles. The lowest BCUT2D eigenvalue weighted by Gasteiger charge is -2.07. The molecule has 0 saturated heterocycles. The molecule has 20 heavy (non-hydrogen) atoms. The third-order valence-electron chi connectivity index (χ3n) is 2.58. The minimum Gasteiger partial charge on any atom is -0.496 e. The minimum atomic E-state index is -0.486. The normalized spacial score (nSPS) is 10.1. The van der Waals surface area contributed by atoms with Crippen molar-refractivity contribution in [3.63, 3.8) is 0 Å². The standard InChI is InChI=1S/C13H12N2O4S/c1-19-10-5-3-2-4-9(10)8-11(16)14-12-6-7-13(20-12)15(17)18/h2-7H,8H2,1H3,(H,14,16). The van der Waals surface area contributed by atoms with E-state index >= 15 is 0 Å². The third-order valence-corrected chi connectivity index (χ3v) is 3.53. The average Bonchev–Trinajstić information content (AvgIpc) is 2.88. The van der Waals surface area contributed by atoms with Gasteiger partial charge in [0.05, 0.1) is 18.5 Å². The second-order valence-corrected chi connectivity index (χ2v) is 4.99. The van der Waals surface area contributed by atoms with Gasteiger partial charge in [0.15, 0.2) is 0 Å². The number of amides is 1. The van der Waals surface area contributed by atoms with Crippen LogP contribution < -0.4 is 10.1 Å². The highest BCUT2D eigenvalue weighted by molar-refractivity contribution is 7.19. The molecule has 2 rings (SSSR count). The molecule has 0 bridgehead atoms. The second kappa shape index (κ2) is 6.16. The highest BCUT2D eigenvalue weighted by atomic mass is 32.1. The van der Waals surface area contributed by atoms with Gasteiger partial charge >= 0.3 is 5.00 Å². The molecule has 6 nitrogen and oxygen atoms in total. The first-order chi connectivity index (χ1) is 9.60. The number of methoxy groups -OCH3 is 1. The van der Waals surface area contributed by atoms with Crippen LogP contribution in [-0.4, -0.2) is 17.9 Å². The van der Waals surface area contributed by atoms with Crippen molar-refractivity contribution in [1.82, 2.24) is 0 Å². The van der Waals surface area contributed by atoms with E-state index in [0.29, 0.717) is 10.8 Å². The topological polar surface area (TPSA) is 81.5 Å². The Bertz CT molecular complexity index is 639. The number of hydrogen-bond donors (Lipinski definition) is 1. The van der Waals surface area contributed by atoms with E-state index in [4.69, 9.17) is 4.74 Å². The average molecular weight is 292 g/mol. The van der Waals surface area contributed by atoms with E-state index in [1.54, 1.807) is 19.2 Å². The zero-order valence-electron chi connectivity index (χ0n) is 10.7. The van der Waals surface area contributed by atoms with Crippen molar-refractivity contribution in [1.29, 1.82) is 0 Å². The lowest BCUT2D eigenvalue weighted by Crippen LogP contribution is -2.14. The van der Waals surface area contributed by atoms with Crippen LogP contribution in [0.1, 0.15) is 5.56 Å². The number of nitro groups is 1. The number of rotatable bonds is 5. The molecule has 0 aliphatic heterocycles. The lowest BCUT2D eigenvalue weighted by atomic mass is 10.1. The fourth-order valence-electron chi connectivity index (χ4n) is 1.70. The zero-order valence-corrected chi connectivity index (χ0v) is 11.5.